The van der Waals surface area contributed by atoms with Gasteiger partial charge in [0.2, 0.25) is 0 Å². The van der Waals surface area contributed by atoms with Crippen molar-refractivity contribution in [3.05, 3.63) is 63.9 Å². The van der Waals surface area contributed by atoms with Crippen LogP contribution in [-0.4, -0.2) is 5.78 Å². The molecule has 0 aliphatic carbocycles. The molecule has 2 nitrogen and oxygen atoms in total. The fraction of sp³-hybridized carbons (Fsp3) is 0.0714. The zero-order valence-corrected chi connectivity index (χ0v) is 10.5. The molecule has 0 aliphatic rings. The first-order valence-corrected chi connectivity index (χ1v) is 5.72. The van der Waals surface area contributed by atoms with Gasteiger partial charge in [0, 0.05) is 16.3 Å². The van der Waals surface area contributed by atoms with Crippen molar-refractivity contribution < 1.29 is 9.18 Å². The summed E-state index contributed by atoms with van der Waals surface area (Å²) >= 11 is 5.64. The molecule has 0 spiro atoms. The molecule has 0 saturated carbocycles. The smallest absolute Gasteiger partial charge is 0.196 e. The molecule has 0 aliphatic heterocycles. The molecule has 0 unspecified atom stereocenters. The fourth-order valence-corrected chi connectivity index (χ4v) is 1.77. The predicted octanol–water partition coefficient (Wildman–Crippen LogP) is 3.60. The maximum absolute atomic E-state index is 13.6. The minimum atomic E-state index is -0.633. The Labute approximate surface area is 109 Å². The summed E-state index contributed by atoms with van der Waals surface area (Å²) in [6, 6.07) is 8.88. The highest BCUT2D eigenvalue weighted by Gasteiger charge is 2.14. The Hall–Kier alpha value is -1.87. The van der Waals surface area contributed by atoms with Crippen LogP contribution in [0, 0.1) is 12.7 Å². The summed E-state index contributed by atoms with van der Waals surface area (Å²) in [5.74, 6) is -1.04. The lowest BCUT2D eigenvalue weighted by Gasteiger charge is -2.06. The quantitative estimate of drug-likeness (QED) is 0.664. The van der Waals surface area contributed by atoms with Crippen LogP contribution in [0.1, 0.15) is 21.5 Å². The third kappa shape index (κ3) is 2.36. The molecule has 0 fully saturated rings. The summed E-state index contributed by atoms with van der Waals surface area (Å²) < 4.78 is 13.6. The standard InChI is InChI=1S/C14H11ClFNO/c1-8-2-3-9(6-13(8)17)14(18)11-5-4-10(15)7-12(11)16/h2-7H,17H2,1H3. The van der Waals surface area contributed by atoms with E-state index in [1.54, 1.807) is 18.2 Å². The number of benzene rings is 2. The number of nitrogen functional groups attached to an aromatic ring is 1. The SMILES string of the molecule is Cc1ccc(C(=O)c2ccc(Cl)cc2F)cc1N. The molecule has 0 heterocycles. The first-order chi connectivity index (χ1) is 8.49. The molecule has 0 atom stereocenters. The Morgan fingerprint density at radius 3 is 2.56 bits per heavy atom. The van der Waals surface area contributed by atoms with Crippen LogP contribution in [0.3, 0.4) is 0 Å². The van der Waals surface area contributed by atoms with Crippen LogP contribution in [0.25, 0.3) is 0 Å². The van der Waals surface area contributed by atoms with Crippen molar-refractivity contribution in [3.8, 4) is 0 Å². The number of nitrogens with two attached hydrogens (primary N) is 1. The molecule has 92 valence electrons. The zero-order valence-electron chi connectivity index (χ0n) is 9.71. The summed E-state index contributed by atoms with van der Waals surface area (Å²) in [5.41, 5.74) is 7.47. The van der Waals surface area contributed by atoms with Crippen LogP contribution in [0.5, 0.6) is 0 Å². The highest BCUT2D eigenvalue weighted by molar-refractivity contribution is 6.30. The Morgan fingerprint density at radius 1 is 1.22 bits per heavy atom. The average molecular weight is 264 g/mol. The number of carbonyl (C=O) groups excluding carboxylic acids is 1. The predicted molar refractivity (Wildman–Crippen MR) is 70.4 cm³/mol. The van der Waals surface area contributed by atoms with Gasteiger partial charge in [-0.05, 0) is 36.8 Å². The van der Waals surface area contributed by atoms with Gasteiger partial charge in [0.05, 0.1) is 5.56 Å². The third-order valence-corrected chi connectivity index (χ3v) is 2.95. The van der Waals surface area contributed by atoms with Gasteiger partial charge in [-0.15, -0.1) is 0 Å². The topological polar surface area (TPSA) is 43.1 Å². The lowest BCUT2D eigenvalue weighted by Crippen LogP contribution is -2.05. The van der Waals surface area contributed by atoms with Crippen LogP contribution in [0.4, 0.5) is 10.1 Å². The summed E-state index contributed by atoms with van der Waals surface area (Å²) in [4.78, 5) is 12.1. The highest BCUT2D eigenvalue weighted by atomic mass is 35.5. The van der Waals surface area contributed by atoms with E-state index in [9.17, 15) is 9.18 Å². The number of ketones is 1. The van der Waals surface area contributed by atoms with Crippen LogP contribution in [0.2, 0.25) is 5.02 Å². The lowest BCUT2D eigenvalue weighted by atomic mass is 10.0. The molecule has 18 heavy (non-hydrogen) atoms. The van der Waals surface area contributed by atoms with Crippen LogP contribution >= 0.6 is 11.6 Å². The summed E-state index contributed by atoms with van der Waals surface area (Å²) in [6.45, 7) is 1.84. The van der Waals surface area contributed by atoms with E-state index >= 15 is 0 Å². The van der Waals surface area contributed by atoms with Crippen LogP contribution in [-0.2, 0) is 0 Å². The van der Waals surface area contributed by atoms with E-state index in [0.29, 0.717) is 11.3 Å². The lowest BCUT2D eigenvalue weighted by molar-refractivity contribution is 0.103. The second kappa shape index (κ2) is 4.78. The van der Waals surface area contributed by atoms with Gasteiger partial charge in [-0.1, -0.05) is 23.7 Å². The molecule has 2 aromatic carbocycles. The third-order valence-electron chi connectivity index (χ3n) is 2.72. The molecule has 2 N–H and O–H groups in total. The molecule has 0 amide bonds. The minimum absolute atomic E-state index is 0.0114. The zero-order chi connectivity index (χ0) is 13.3. The average Bonchev–Trinajstić information content (AvgIpc) is 2.32. The maximum Gasteiger partial charge on any atom is 0.196 e. The van der Waals surface area contributed by atoms with Crippen molar-refractivity contribution in [2.75, 3.05) is 5.73 Å². The molecule has 0 aromatic heterocycles. The molecule has 4 heteroatoms. The molecule has 2 aromatic rings. The summed E-state index contributed by atoms with van der Waals surface area (Å²) in [7, 11) is 0. The van der Waals surface area contributed by atoms with Crippen molar-refractivity contribution >= 4 is 23.1 Å². The highest BCUT2D eigenvalue weighted by Crippen LogP contribution is 2.20. The number of anilines is 1. The van der Waals surface area contributed by atoms with Crippen molar-refractivity contribution in [3.63, 3.8) is 0 Å². The Kier molecular flexibility index (Phi) is 3.34. The second-order valence-corrected chi connectivity index (χ2v) is 4.46. The number of halogens is 2. The Bertz CT molecular complexity index is 625. The fourth-order valence-electron chi connectivity index (χ4n) is 1.61. The van der Waals surface area contributed by atoms with Gasteiger partial charge in [-0.25, -0.2) is 4.39 Å². The van der Waals surface area contributed by atoms with E-state index in [-0.39, 0.29) is 10.6 Å². The molecule has 0 radical (unpaired) electrons. The number of carbonyl (C=O) groups is 1. The van der Waals surface area contributed by atoms with Crippen molar-refractivity contribution in [1.29, 1.82) is 0 Å². The Morgan fingerprint density at radius 2 is 1.94 bits per heavy atom. The molecule has 0 bridgehead atoms. The number of aryl methyl sites for hydroxylation is 1. The summed E-state index contributed by atoms with van der Waals surface area (Å²) in [5, 5.41) is 0.257. The molecule has 0 saturated heterocycles. The van der Waals surface area contributed by atoms with E-state index < -0.39 is 11.6 Å². The van der Waals surface area contributed by atoms with Crippen molar-refractivity contribution in [1.82, 2.24) is 0 Å². The van der Waals surface area contributed by atoms with Gasteiger partial charge in [0.25, 0.3) is 0 Å². The van der Waals surface area contributed by atoms with E-state index in [1.165, 1.54) is 12.1 Å². The maximum atomic E-state index is 13.6. The number of hydrogen-bond acceptors (Lipinski definition) is 2. The van der Waals surface area contributed by atoms with Gasteiger partial charge >= 0.3 is 0 Å². The van der Waals surface area contributed by atoms with E-state index in [2.05, 4.69) is 0 Å². The molecule has 2 rings (SSSR count). The minimum Gasteiger partial charge on any atom is -0.398 e. The van der Waals surface area contributed by atoms with Crippen LogP contribution in [0.15, 0.2) is 36.4 Å². The van der Waals surface area contributed by atoms with Gasteiger partial charge in [-0.2, -0.15) is 0 Å². The second-order valence-electron chi connectivity index (χ2n) is 4.02. The Balaban J connectivity index is 2.44. The van der Waals surface area contributed by atoms with Gasteiger partial charge in [0.1, 0.15) is 5.82 Å². The van der Waals surface area contributed by atoms with Crippen molar-refractivity contribution in [2.45, 2.75) is 6.92 Å². The molecular weight excluding hydrogens is 253 g/mol. The van der Waals surface area contributed by atoms with Gasteiger partial charge in [0.15, 0.2) is 5.78 Å². The normalized spacial score (nSPS) is 10.4. The van der Waals surface area contributed by atoms with Gasteiger partial charge in [-0.3, -0.25) is 4.79 Å². The largest absolute Gasteiger partial charge is 0.398 e. The number of hydrogen-bond donors (Lipinski definition) is 1. The summed E-state index contributed by atoms with van der Waals surface area (Å²) in [6.07, 6.45) is 0. The van der Waals surface area contributed by atoms with E-state index in [0.717, 1.165) is 11.6 Å². The van der Waals surface area contributed by atoms with E-state index in [1.807, 2.05) is 6.92 Å². The van der Waals surface area contributed by atoms with Crippen LogP contribution < -0.4 is 5.73 Å². The van der Waals surface area contributed by atoms with E-state index in [4.69, 9.17) is 17.3 Å². The first kappa shape index (κ1) is 12.6. The molecular formula is C14H11ClFNO. The van der Waals surface area contributed by atoms with Gasteiger partial charge < -0.3 is 5.73 Å². The first-order valence-electron chi connectivity index (χ1n) is 5.35. The number of rotatable bonds is 2. The van der Waals surface area contributed by atoms with Crippen molar-refractivity contribution in [2.24, 2.45) is 0 Å². The monoisotopic (exact) mass is 263 g/mol.